The number of ether oxygens (including phenoxy) is 1. The van der Waals surface area contributed by atoms with Gasteiger partial charge in [-0.3, -0.25) is 4.79 Å². The number of carbonyl (C=O) groups is 1. The zero-order valence-corrected chi connectivity index (χ0v) is 18.2. The Labute approximate surface area is 179 Å². The van der Waals surface area contributed by atoms with Crippen molar-refractivity contribution in [2.24, 2.45) is 5.92 Å². The topological polar surface area (TPSA) is 55.3 Å². The van der Waals surface area contributed by atoms with E-state index in [1.807, 2.05) is 6.92 Å². The van der Waals surface area contributed by atoms with Crippen LogP contribution in [0, 0.1) is 5.92 Å². The average molecular weight is 430 g/mol. The van der Waals surface area contributed by atoms with Gasteiger partial charge >= 0.3 is 5.97 Å². The molecule has 0 amide bonds. The number of carbonyl (C=O) groups excluding carboxylic acids is 1. The molecule has 4 rings (SSSR count). The van der Waals surface area contributed by atoms with Gasteiger partial charge in [0.25, 0.3) is 0 Å². The Morgan fingerprint density at radius 1 is 1.21 bits per heavy atom. The first-order valence-corrected chi connectivity index (χ1v) is 11.3. The Hall–Kier alpha value is -2.18. The number of halogens is 1. The van der Waals surface area contributed by atoms with Crippen LogP contribution >= 0.6 is 22.9 Å². The molecule has 0 N–H and O–H groups in total. The van der Waals surface area contributed by atoms with Crippen molar-refractivity contribution in [1.82, 2.24) is 9.97 Å². The Kier molecular flexibility index (Phi) is 6.01. The molecule has 5 nitrogen and oxygen atoms in total. The first-order valence-electron chi connectivity index (χ1n) is 10.1. The summed E-state index contributed by atoms with van der Waals surface area (Å²) in [6, 6.07) is 8.65. The number of rotatable bonds is 5. The van der Waals surface area contributed by atoms with Crippen LogP contribution in [0.25, 0.3) is 21.3 Å². The second kappa shape index (κ2) is 8.67. The fraction of sp³-hybridized carbons (Fsp3) is 0.409. The number of thiophene rings is 1. The zero-order valence-electron chi connectivity index (χ0n) is 16.7. The molecule has 0 atom stereocenters. The predicted octanol–water partition coefficient (Wildman–Crippen LogP) is 5.35. The highest BCUT2D eigenvalue weighted by Crippen LogP contribution is 2.40. The monoisotopic (exact) mass is 429 g/mol. The van der Waals surface area contributed by atoms with E-state index < -0.39 is 0 Å². The standard InChI is InChI=1S/C22H24ClN3O2S/c1-3-14-5-7-15(8-6-14)17-13-29-20-18(17)19(24-22(23)25-20)26-11-9-16(10-12-26)21(27)28-4-2/h5-8,13,16H,3-4,9-12H2,1-2H3. The maximum atomic E-state index is 12.1. The number of benzene rings is 1. The van der Waals surface area contributed by atoms with Crippen molar-refractivity contribution in [2.75, 3.05) is 24.6 Å². The van der Waals surface area contributed by atoms with Gasteiger partial charge in [0, 0.05) is 24.0 Å². The average Bonchev–Trinajstić information content (AvgIpc) is 3.17. The number of esters is 1. The highest BCUT2D eigenvalue weighted by atomic mass is 35.5. The molecule has 3 aromatic rings. The third-order valence-electron chi connectivity index (χ3n) is 5.47. The molecular formula is C22H24ClN3O2S. The minimum atomic E-state index is -0.0924. The van der Waals surface area contributed by atoms with Crippen LogP contribution in [0.3, 0.4) is 0 Å². The summed E-state index contributed by atoms with van der Waals surface area (Å²) < 4.78 is 5.19. The summed E-state index contributed by atoms with van der Waals surface area (Å²) >= 11 is 7.83. The van der Waals surface area contributed by atoms with E-state index in [2.05, 4.69) is 51.4 Å². The van der Waals surface area contributed by atoms with E-state index in [0.29, 0.717) is 6.61 Å². The number of nitrogens with zero attached hydrogens (tertiary/aromatic N) is 3. The van der Waals surface area contributed by atoms with Crippen molar-refractivity contribution in [3.63, 3.8) is 0 Å². The van der Waals surface area contributed by atoms with E-state index in [4.69, 9.17) is 16.3 Å². The number of aromatic nitrogens is 2. The second-order valence-electron chi connectivity index (χ2n) is 7.21. The van der Waals surface area contributed by atoms with Crippen LogP contribution in [0.1, 0.15) is 32.3 Å². The van der Waals surface area contributed by atoms with Crippen LogP contribution in [0.15, 0.2) is 29.6 Å². The van der Waals surface area contributed by atoms with Gasteiger partial charge in [-0.15, -0.1) is 11.3 Å². The van der Waals surface area contributed by atoms with Crippen LogP contribution in [0.5, 0.6) is 0 Å². The molecule has 0 unspecified atom stereocenters. The molecule has 0 aliphatic carbocycles. The lowest BCUT2D eigenvalue weighted by molar-refractivity contribution is -0.148. The number of hydrogen-bond donors (Lipinski definition) is 0. The number of piperidine rings is 1. The van der Waals surface area contributed by atoms with Crippen molar-refractivity contribution in [3.05, 3.63) is 40.5 Å². The third kappa shape index (κ3) is 4.09. The summed E-state index contributed by atoms with van der Waals surface area (Å²) in [6.07, 6.45) is 2.53. The molecule has 1 aliphatic rings. The minimum absolute atomic E-state index is 0.0393. The maximum Gasteiger partial charge on any atom is 0.309 e. The van der Waals surface area contributed by atoms with E-state index in [9.17, 15) is 4.79 Å². The third-order valence-corrected chi connectivity index (χ3v) is 6.52. The Balaban J connectivity index is 1.67. The maximum absolute atomic E-state index is 12.1. The summed E-state index contributed by atoms with van der Waals surface area (Å²) in [4.78, 5) is 24.2. The Morgan fingerprint density at radius 3 is 2.59 bits per heavy atom. The lowest BCUT2D eigenvalue weighted by Gasteiger charge is -2.32. The van der Waals surface area contributed by atoms with E-state index >= 15 is 0 Å². The van der Waals surface area contributed by atoms with E-state index in [1.54, 1.807) is 11.3 Å². The van der Waals surface area contributed by atoms with Crippen molar-refractivity contribution in [3.8, 4) is 11.1 Å². The number of aryl methyl sites for hydroxylation is 1. The van der Waals surface area contributed by atoms with Crippen LogP contribution in [-0.4, -0.2) is 35.6 Å². The molecule has 0 spiro atoms. The molecule has 7 heteroatoms. The van der Waals surface area contributed by atoms with Crippen LogP contribution in [0.4, 0.5) is 5.82 Å². The first kappa shape index (κ1) is 20.1. The SMILES string of the molecule is CCOC(=O)C1CCN(c2nc(Cl)nc3scc(-c4ccc(CC)cc4)c23)CC1. The molecule has 0 bridgehead atoms. The lowest BCUT2D eigenvalue weighted by Crippen LogP contribution is -2.37. The second-order valence-corrected chi connectivity index (χ2v) is 8.41. The molecular weight excluding hydrogens is 406 g/mol. The number of fused-ring (bicyclic) bond motifs is 1. The summed E-state index contributed by atoms with van der Waals surface area (Å²) in [5.74, 6) is 0.728. The van der Waals surface area contributed by atoms with E-state index in [-0.39, 0.29) is 17.2 Å². The number of hydrogen-bond acceptors (Lipinski definition) is 6. The fourth-order valence-corrected chi connectivity index (χ4v) is 5.00. The summed E-state index contributed by atoms with van der Waals surface area (Å²) in [7, 11) is 0. The molecule has 2 aromatic heterocycles. The van der Waals surface area contributed by atoms with Crippen molar-refractivity contribution in [2.45, 2.75) is 33.1 Å². The molecule has 1 fully saturated rings. The molecule has 0 radical (unpaired) electrons. The summed E-state index contributed by atoms with van der Waals surface area (Å²) in [6.45, 7) is 5.92. The van der Waals surface area contributed by atoms with Crippen molar-refractivity contribution in [1.29, 1.82) is 0 Å². The van der Waals surface area contributed by atoms with Gasteiger partial charge < -0.3 is 9.64 Å². The fourth-order valence-electron chi connectivity index (χ4n) is 3.85. The normalized spacial score (nSPS) is 15.1. The van der Waals surface area contributed by atoms with Gasteiger partial charge in [0.15, 0.2) is 0 Å². The highest BCUT2D eigenvalue weighted by molar-refractivity contribution is 7.17. The Morgan fingerprint density at radius 2 is 1.93 bits per heavy atom. The highest BCUT2D eigenvalue weighted by Gasteiger charge is 2.28. The Bertz CT molecular complexity index is 1010. The molecule has 29 heavy (non-hydrogen) atoms. The molecule has 0 saturated carbocycles. The van der Waals surface area contributed by atoms with Crippen molar-refractivity contribution >= 4 is 44.9 Å². The lowest BCUT2D eigenvalue weighted by atomic mass is 9.96. The minimum Gasteiger partial charge on any atom is -0.466 e. The number of anilines is 1. The summed E-state index contributed by atoms with van der Waals surface area (Å²) in [5.41, 5.74) is 3.60. The smallest absolute Gasteiger partial charge is 0.309 e. The van der Waals surface area contributed by atoms with E-state index in [0.717, 1.165) is 59.5 Å². The summed E-state index contributed by atoms with van der Waals surface area (Å²) in [5, 5.41) is 3.43. The van der Waals surface area contributed by atoms with Gasteiger partial charge in [-0.1, -0.05) is 31.2 Å². The molecule has 152 valence electrons. The molecule has 3 heterocycles. The van der Waals surface area contributed by atoms with Crippen LogP contribution in [0.2, 0.25) is 5.28 Å². The van der Waals surface area contributed by atoms with Gasteiger partial charge in [-0.25, -0.2) is 4.98 Å². The molecule has 1 aromatic carbocycles. The van der Waals surface area contributed by atoms with Crippen LogP contribution < -0.4 is 4.90 Å². The van der Waals surface area contributed by atoms with Gasteiger partial charge in [0.05, 0.1) is 17.9 Å². The van der Waals surface area contributed by atoms with Crippen LogP contribution in [-0.2, 0) is 16.0 Å². The zero-order chi connectivity index (χ0) is 20.4. The quantitative estimate of drug-likeness (QED) is 0.404. The molecule has 1 aliphatic heterocycles. The van der Waals surface area contributed by atoms with Gasteiger partial charge in [-0.05, 0) is 48.9 Å². The van der Waals surface area contributed by atoms with Gasteiger partial charge in [0.2, 0.25) is 5.28 Å². The predicted molar refractivity (Wildman–Crippen MR) is 119 cm³/mol. The van der Waals surface area contributed by atoms with Crippen molar-refractivity contribution < 1.29 is 9.53 Å². The van der Waals surface area contributed by atoms with Gasteiger partial charge in [0.1, 0.15) is 10.6 Å². The molecule has 1 saturated heterocycles. The first-order chi connectivity index (χ1) is 14.1. The van der Waals surface area contributed by atoms with E-state index in [1.165, 1.54) is 5.56 Å². The van der Waals surface area contributed by atoms with Gasteiger partial charge in [-0.2, -0.15) is 4.98 Å². The largest absolute Gasteiger partial charge is 0.466 e.